The van der Waals surface area contributed by atoms with E-state index < -0.39 is 0 Å². The highest BCUT2D eigenvalue weighted by atomic mass is 16.5. The normalized spacial score (nSPS) is 10.8. The molecule has 0 radical (unpaired) electrons. The Morgan fingerprint density at radius 1 is 1.22 bits per heavy atom. The predicted octanol–water partition coefficient (Wildman–Crippen LogP) is 3.39. The van der Waals surface area contributed by atoms with Gasteiger partial charge in [-0.25, -0.2) is 4.98 Å². The van der Waals surface area contributed by atoms with Gasteiger partial charge >= 0.3 is 0 Å². The van der Waals surface area contributed by atoms with Crippen molar-refractivity contribution < 1.29 is 4.74 Å². The van der Waals surface area contributed by atoms with E-state index >= 15 is 0 Å². The quantitative estimate of drug-likeness (QED) is 0.561. The van der Waals surface area contributed by atoms with Crippen molar-refractivity contribution in [2.45, 2.75) is 6.54 Å². The van der Waals surface area contributed by atoms with E-state index in [-0.39, 0.29) is 0 Å². The van der Waals surface area contributed by atoms with Gasteiger partial charge in [0.05, 0.1) is 31.9 Å². The van der Waals surface area contributed by atoms with Crippen LogP contribution in [-0.4, -0.2) is 22.9 Å². The minimum atomic E-state index is 0.705. The topological polar surface area (TPSA) is 51.4 Å². The van der Waals surface area contributed by atoms with E-state index in [9.17, 15) is 0 Å². The molecule has 3 aromatic rings. The Balaban J connectivity index is 1.74. The van der Waals surface area contributed by atoms with Crippen molar-refractivity contribution in [2.75, 3.05) is 12.5 Å². The molecule has 0 spiro atoms. The number of hydrazone groups is 1. The summed E-state index contributed by atoms with van der Waals surface area (Å²) in [6, 6.07) is 15.8. The third kappa shape index (κ3) is 3.97. The summed E-state index contributed by atoms with van der Waals surface area (Å²) >= 11 is 0. The number of nitrogens with one attached hydrogen (secondary N) is 1. The number of imidazole rings is 1. The molecule has 0 atom stereocenters. The van der Waals surface area contributed by atoms with E-state index in [1.54, 1.807) is 25.8 Å². The number of methoxy groups -OCH3 is 1. The number of aromatic nitrogens is 2. The Hall–Kier alpha value is -3.08. The molecule has 0 aliphatic rings. The first-order chi connectivity index (χ1) is 11.3. The zero-order valence-electron chi connectivity index (χ0n) is 12.9. The van der Waals surface area contributed by atoms with Gasteiger partial charge in [-0.2, -0.15) is 5.10 Å². The molecule has 0 aliphatic carbocycles. The van der Waals surface area contributed by atoms with Crippen LogP contribution < -0.4 is 10.2 Å². The molecular formula is C18H18N4O. The van der Waals surface area contributed by atoms with Crippen LogP contribution in [-0.2, 0) is 6.54 Å². The highest BCUT2D eigenvalue weighted by Crippen LogP contribution is 2.20. The van der Waals surface area contributed by atoms with Crippen LogP contribution in [0.15, 0.2) is 72.4 Å². The van der Waals surface area contributed by atoms with Crippen LogP contribution in [0.1, 0.15) is 11.1 Å². The molecule has 0 bridgehead atoms. The molecule has 0 unspecified atom stereocenters. The molecule has 0 saturated heterocycles. The third-order valence-corrected chi connectivity index (χ3v) is 3.40. The van der Waals surface area contributed by atoms with Crippen molar-refractivity contribution in [3.05, 3.63) is 78.4 Å². The van der Waals surface area contributed by atoms with Crippen LogP contribution in [0, 0.1) is 0 Å². The zero-order chi connectivity index (χ0) is 15.9. The summed E-state index contributed by atoms with van der Waals surface area (Å²) in [5.74, 6) is 0.854. The number of rotatable bonds is 6. The van der Waals surface area contributed by atoms with Gasteiger partial charge in [0, 0.05) is 18.0 Å². The lowest BCUT2D eigenvalue weighted by molar-refractivity contribution is 0.408. The van der Waals surface area contributed by atoms with Gasteiger partial charge in [0.25, 0.3) is 0 Å². The molecular weight excluding hydrogens is 288 g/mol. The van der Waals surface area contributed by atoms with Gasteiger partial charge in [-0.15, -0.1) is 0 Å². The van der Waals surface area contributed by atoms with Gasteiger partial charge in [-0.1, -0.05) is 18.2 Å². The standard InChI is InChI=1S/C18H18N4O/c1-23-18-8-7-15(11-16(18)13-22-10-9-19-14-22)12-20-21-17-5-3-2-4-6-17/h2-12,14,21H,13H2,1H3. The number of anilines is 1. The number of hydrogen-bond acceptors (Lipinski definition) is 4. The van der Waals surface area contributed by atoms with Gasteiger partial charge in [-0.3, -0.25) is 5.43 Å². The fourth-order valence-electron chi connectivity index (χ4n) is 2.27. The van der Waals surface area contributed by atoms with E-state index in [1.807, 2.05) is 53.2 Å². The maximum atomic E-state index is 5.43. The van der Waals surface area contributed by atoms with Crippen molar-refractivity contribution in [3.8, 4) is 5.75 Å². The maximum Gasteiger partial charge on any atom is 0.123 e. The lowest BCUT2D eigenvalue weighted by atomic mass is 10.1. The first kappa shape index (κ1) is 14.8. The molecule has 5 heteroatoms. The molecule has 1 N–H and O–H groups in total. The van der Waals surface area contributed by atoms with Crippen LogP contribution in [0.3, 0.4) is 0 Å². The molecule has 116 valence electrons. The Labute approximate surface area is 135 Å². The Kier molecular flexibility index (Phi) is 4.69. The summed E-state index contributed by atoms with van der Waals surface area (Å²) in [6.07, 6.45) is 7.28. The van der Waals surface area contributed by atoms with Crippen molar-refractivity contribution in [1.82, 2.24) is 9.55 Å². The molecule has 0 amide bonds. The molecule has 5 nitrogen and oxygen atoms in total. The first-order valence-corrected chi connectivity index (χ1v) is 7.32. The van der Waals surface area contributed by atoms with Crippen LogP contribution in [0.4, 0.5) is 5.69 Å². The van der Waals surface area contributed by atoms with Crippen molar-refractivity contribution in [2.24, 2.45) is 5.10 Å². The lowest BCUT2D eigenvalue weighted by Gasteiger charge is -2.10. The van der Waals surface area contributed by atoms with Crippen LogP contribution in [0.5, 0.6) is 5.75 Å². The van der Waals surface area contributed by atoms with Crippen molar-refractivity contribution in [1.29, 1.82) is 0 Å². The first-order valence-electron chi connectivity index (χ1n) is 7.32. The molecule has 3 rings (SSSR count). The number of benzene rings is 2. The molecule has 0 saturated carbocycles. The van der Waals surface area contributed by atoms with E-state index in [0.717, 1.165) is 22.6 Å². The van der Waals surface area contributed by atoms with Crippen molar-refractivity contribution in [3.63, 3.8) is 0 Å². The number of nitrogens with zero attached hydrogens (tertiary/aromatic N) is 3. The molecule has 1 heterocycles. The zero-order valence-corrected chi connectivity index (χ0v) is 12.9. The fourth-order valence-corrected chi connectivity index (χ4v) is 2.27. The molecule has 2 aromatic carbocycles. The van der Waals surface area contributed by atoms with Crippen LogP contribution >= 0.6 is 0 Å². The van der Waals surface area contributed by atoms with Crippen LogP contribution in [0.2, 0.25) is 0 Å². The molecule has 0 aliphatic heterocycles. The predicted molar refractivity (Wildman–Crippen MR) is 92.0 cm³/mol. The van der Waals surface area contributed by atoms with Gasteiger partial charge in [0.1, 0.15) is 5.75 Å². The van der Waals surface area contributed by atoms with E-state index in [2.05, 4.69) is 21.6 Å². The smallest absolute Gasteiger partial charge is 0.123 e. The van der Waals surface area contributed by atoms with Gasteiger partial charge in [0.2, 0.25) is 0 Å². The monoisotopic (exact) mass is 306 g/mol. The fraction of sp³-hybridized carbons (Fsp3) is 0.111. The van der Waals surface area contributed by atoms with Gasteiger partial charge in [0.15, 0.2) is 0 Å². The average molecular weight is 306 g/mol. The summed E-state index contributed by atoms with van der Waals surface area (Å²) in [4.78, 5) is 4.07. The van der Waals surface area contributed by atoms with Gasteiger partial charge in [-0.05, 0) is 35.9 Å². The summed E-state index contributed by atoms with van der Waals surface area (Å²) in [6.45, 7) is 0.705. The van der Waals surface area contributed by atoms with Crippen molar-refractivity contribution >= 4 is 11.9 Å². The molecule has 23 heavy (non-hydrogen) atoms. The maximum absolute atomic E-state index is 5.43. The molecule has 0 fully saturated rings. The number of ether oxygens (including phenoxy) is 1. The van der Waals surface area contributed by atoms with Crippen LogP contribution in [0.25, 0.3) is 0 Å². The average Bonchev–Trinajstić information content (AvgIpc) is 3.09. The summed E-state index contributed by atoms with van der Waals surface area (Å²) in [7, 11) is 1.68. The van der Waals surface area contributed by atoms with E-state index in [0.29, 0.717) is 6.54 Å². The Morgan fingerprint density at radius 2 is 2.09 bits per heavy atom. The second-order valence-electron chi connectivity index (χ2n) is 5.04. The summed E-state index contributed by atoms with van der Waals surface area (Å²) < 4.78 is 7.43. The SMILES string of the molecule is COc1ccc(C=NNc2ccccc2)cc1Cn1ccnc1. The minimum Gasteiger partial charge on any atom is -0.496 e. The lowest BCUT2D eigenvalue weighted by Crippen LogP contribution is -2.01. The second kappa shape index (κ2) is 7.26. The Bertz CT molecular complexity index is 767. The molecule has 1 aromatic heterocycles. The summed E-state index contributed by atoms with van der Waals surface area (Å²) in [5, 5.41) is 4.27. The largest absolute Gasteiger partial charge is 0.496 e. The second-order valence-corrected chi connectivity index (χ2v) is 5.04. The third-order valence-electron chi connectivity index (χ3n) is 3.40. The van der Waals surface area contributed by atoms with Gasteiger partial charge < -0.3 is 9.30 Å². The minimum absolute atomic E-state index is 0.705. The highest BCUT2D eigenvalue weighted by molar-refractivity contribution is 5.81. The Morgan fingerprint density at radius 3 is 2.83 bits per heavy atom. The number of para-hydroxylation sites is 1. The van der Waals surface area contributed by atoms with E-state index in [1.165, 1.54) is 0 Å². The highest BCUT2D eigenvalue weighted by Gasteiger charge is 2.04. The summed E-state index contributed by atoms with van der Waals surface area (Å²) in [5.41, 5.74) is 6.05. The number of hydrogen-bond donors (Lipinski definition) is 1. The van der Waals surface area contributed by atoms with E-state index in [4.69, 9.17) is 4.74 Å².